The molecular formula is C15H24N2O2. The Morgan fingerprint density at radius 1 is 1.16 bits per heavy atom. The molecule has 0 heterocycles. The van der Waals surface area contributed by atoms with Crippen molar-refractivity contribution in [1.82, 2.24) is 4.90 Å². The molecular weight excluding hydrogens is 240 g/mol. The average molecular weight is 264 g/mol. The Kier molecular flexibility index (Phi) is 5.48. The Hall–Kier alpha value is -1.26. The molecule has 19 heavy (non-hydrogen) atoms. The van der Waals surface area contributed by atoms with Crippen LogP contribution in [0.3, 0.4) is 0 Å². The van der Waals surface area contributed by atoms with Crippen molar-refractivity contribution in [3.63, 3.8) is 0 Å². The number of nitrogens with zero attached hydrogens (tertiary/aromatic N) is 1. The largest absolute Gasteiger partial charge is 0.497 e. The van der Waals surface area contributed by atoms with Crippen molar-refractivity contribution in [2.24, 2.45) is 5.73 Å². The van der Waals surface area contributed by atoms with Crippen LogP contribution in [0.15, 0.2) is 24.3 Å². The topological polar surface area (TPSA) is 47.7 Å². The highest BCUT2D eigenvalue weighted by Crippen LogP contribution is 2.26. The molecule has 0 aliphatic heterocycles. The van der Waals surface area contributed by atoms with E-state index < -0.39 is 0 Å². The third-order valence-corrected chi connectivity index (χ3v) is 3.42. The third-order valence-electron chi connectivity index (χ3n) is 3.42. The molecule has 0 spiro atoms. The van der Waals surface area contributed by atoms with E-state index in [9.17, 15) is 0 Å². The Balaban J connectivity index is 1.71. The van der Waals surface area contributed by atoms with Gasteiger partial charge in [0, 0.05) is 12.6 Å². The Morgan fingerprint density at radius 3 is 2.42 bits per heavy atom. The molecule has 1 aliphatic rings. The maximum Gasteiger partial charge on any atom is 0.119 e. The third kappa shape index (κ3) is 4.73. The van der Waals surface area contributed by atoms with Gasteiger partial charge >= 0.3 is 0 Å². The van der Waals surface area contributed by atoms with Gasteiger partial charge in [-0.1, -0.05) is 0 Å². The number of nitrogens with two attached hydrogens (primary N) is 1. The molecule has 1 aliphatic carbocycles. The molecule has 106 valence electrons. The van der Waals surface area contributed by atoms with Gasteiger partial charge in [-0.05, 0) is 56.6 Å². The zero-order chi connectivity index (χ0) is 13.5. The van der Waals surface area contributed by atoms with E-state index in [4.69, 9.17) is 15.2 Å². The molecule has 4 heteroatoms. The molecule has 0 atom stereocenters. The van der Waals surface area contributed by atoms with Gasteiger partial charge in [-0.15, -0.1) is 0 Å². The predicted molar refractivity (Wildman–Crippen MR) is 76.8 cm³/mol. The highest BCUT2D eigenvalue weighted by Gasteiger charge is 2.28. The van der Waals surface area contributed by atoms with Crippen molar-refractivity contribution in [1.29, 1.82) is 0 Å². The molecule has 4 nitrogen and oxygen atoms in total. The molecule has 0 amide bonds. The van der Waals surface area contributed by atoms with Crippen LogP contribution in [0.2, 0.25) is 0 Å². The first kappa shape index (κ1) is 14.2. The van der Waals surface area contributed by atoms with Crippen LogP contribution in [0.25, 0.3) is 0 Å². The summed E-state index contributed by atoms with van der Waals surface area (Å²) in [6.07, 6.45) is 3.72. The summed E-state index contributed by atoms with van der Waals surface area (Å²) in [7, 11) is 1.67. The summed E-state index contributed by atoms with van der Waals surface area (Å²) >= 11 is 0. The predicted octanol–water partition coefficient (Wildman–Crippen LogP) is 1.89. The van der Waals surface area contributed by atoms with Crippen molar-refractivity contribution < 1.29 is 9.47 Å². The molecule has 1 aromatic carbocycles. The van der Waals surface area contributed by atoms with Crippen molar-refractivity contribution in [2.75, 3.05) is 33.4 Å². The van der Waals surface area contributed by atoms with Crippen LogP contribution in [0, 0.1) is 0 Å². The maximum atomic E-state index is 5.77. The highest BCUT2D eigenvalue weighted by atomic mass is 16.5. The van der Waals surface area contributed by atoms with Crippen molar-refractivity contribution in [2.45, 2.75) is 25.3 Å². The second-order valence-corrected chi connectivity index (χ2v) is 4.93. The van der Waals surface area contributed by atoms with Gasteiger partial charge in [0.1, 0.15) is 18.1 Å². The molecule has 2 rings (SSSR count). The molecule has 0 aromatic heterocycles. The first-order valence-electron chi connectivity index (χ1n) is 7.04. The monoisotopic (exact) mass is 264 g/mol. The van der Waals surface area contributed by atoms with Gasteiger partial charge in [0.25, 0.3) is 0 Å². The van der Waals surface area contributed by atoms with Crippen LogP contribution in [-0.2, 0) is 0 Å². The van der Waals surface area contributed by atoms with Gasteiger partial charge in [-0.3, -0.25) is 4.90 Å². The van der Waals surface area contributed by atoms with E-state index in [2.05, 4.69) is 4.90 Å². The molecule has 0 radical (unpaired) electrons. The molecule has 0 saturated heterocycles. The van der Waals surface area contributed by atoms with Crippen LogP contribution in [0.5, 0.6) is 11.5 Å². The van der Waals surface area contributed by atoms with Crippen LogP contribution < -0.4 is 15.2 Å². The zero-order valence-corrected chi connectivity index (χ0v) is 11.7. The maximum absolute atomic E-state index is 5.77. The lowest BCUT2D eigenvalue weighted by molar-refractivity contribution is 0.200. The fourth-order valence-corrected chi connectivity index (χ4v) is 2.16. The van der Waals surface area contributed by atoms with Gasteiger partial charge in [0.05, 0.1) is 7.11 Å². The number of ether oxygens (including phenoxy) is 2. The average Bonchev–Trinajstić information content (AvgIpc) is 3.28. The Bertz CT molecular complexity index is 363. The summed E-state index contributed by atoms with van der Waals surface area (Å²) in [5, 5.41) is 0. The quantitative estimate of drug-likeness (QED) is 0.740. The number of rotatable bonds is 9. The van der Waals surface area contributed by atoms with E-state index in [1.54, 1.807) is 7.11 Å². The normalized spacial score (nSPS) is 14.7. The molecule has 2 N–H and O–H groups in total. The summed E-state index contributed by atoms with van der Waals surface area (Å²) in [5.74, 6) is 1.75. The first-order valence-corrected chi connectivity index (χ1v) is 7.04. The fourth-order valence-electron chi connectivity index (χ4n) is 2.16. The van der Waals surface area contributed by atoms with E-state index in [1.165, 1.54) is 12.8 Å². The molecule has 1 saturated carbocycles. The second kappa shape index (κ2) is 7.36. The Labute approximate surface area is 115 Å². The van der Waals surface area contributed by atoms with Gasteiger partial charge in [-0.25, -0.2) is 0 Å². The number of hydrogen-bond donors (Lipinski definition) is 1. The van der Waals surface area contributed by atoms with Crippen molar-refractivity contribution >= 4 is 0 Å². The van der Waals surface area contributed by atoms with E-state index >= 15 is 0 Å². The van der Waals surface area contributed by atoms with Crippen molar-refractivity contribution in [3.05, 3.63) is 24.3 Å². The second-order valence-electron chi connectivity index (χ2n) is 4.93. The molecule has 0 unspecified atom stereocenters. The highest BCUT2D eigenvalue weighted by molar-refractivity contribution is 5.31. The van der Waals surface area contributed by atoms with E-state index in [1.807, 2.05) is 24.3 Å². The SMILES string of the molecule is COc1ccc(OCCN(CCCN)C2CC2)cc1. The van der Waals surface area contributed by atoms with E-state index in [0.29, 0.717) is 0 Å². The molecule has 1 fully saturated rings. The van der Waals surface area contributed by atoms with Crippen LogP contribution in [0.4, 0.5) is 0 Å². The summed E-state index contributed by atoms with van der Waals surface area (Å²) in [6, 6.07) is 8.50. The molecule has 1 aromatic rings. The number of methoxy groups -OCH3 is 1. The summed E-state index contributed by atoms with van der Waals surface area (Å²) < 4.78 is 10.9. The van der Waals surface area contributed by atoms with Crippen molar-refractivity contribution in [3.8, 4) is 11.5 Å². The minimum atomic E-state index is 0.730. The van der Waals surface area contributed by atoms with E-state index in [0.717, 1.165) is 50.2 Å². The first-order chi connectivity index (χ1) is 9.33. The van der Waals surface area contributed by atoms with Gasteiger partial charge in [0.2, 0.25) is 0 Å². The van der Waals surface area contributed by atoms with Crippen LogP contribution >= 0.6 is 0 Å². The summed E-state index contributed by atoms with van der Waals surface area (Å²) in [5.41, 5.74) is 5.57. The van der Waals surface area contributed by atoms with Gasteiger partial charge in [0.15, 0.2) is 0 Å². The van der Waals surface area contributed by atoms with Crippen LogP contribution in [0.1, 0.15) is 19.3 Å². The summed E-state index contributed by atoms with van der Waals surface area (Å²) in [4.78, 5) is 2.50. The minimum absolute atomic E-state index is 0.730. The lowest BCUT2D eigenvalue weighted by Gasteiger charge is -2.21. The van der Waals surface area contributed by atoms with Gasteiger partial charge < -0.3 is 15.2 Å². The van der Waals surface area contributed by atoms with Gasteiger partial charge in [-0.2, -0.15) is 0 Å². The number of hydrogen-bond acceptors (Lipinski definition) is 4. The van der Waals surface area contributed by atoms with E-state index in [-0.39, 0.29) is 0 Å². The lowest BCUT2D eigenvalue weighted by Crippen LogP contribution is -2.32. The smallest absolute Gasteiger partial charge is 0.119 e. The Morgan fingerprint density at radius 2 is 1.84 bits per heavy atom. The minimum Gasteiger partial charge on any atom is -0.497 e. The standard InChI is InChI=1S/C15H24N2O2/c1-18-14-5-7-15(8-6-14)19-12-11-17(10-2-9-16)13-3-4-13/h5-8,13H,2-4,9-12,16H2,1H3. The fraction of sp³-hybridized carbons (Fsp3) is 0.600. The zero-order valence-electron chi connectivity index (χ0n) is 11.7. The lowest BCUT2D eigenvalue weighted by atomic mass is 10.3. The number of benzene rings is 1. The molecule has 0 bridgehead atoms. The summed E-state index contributed by atoms with van der Waals surface area (Å²) in [6.45, 7) is 3.57. The van der Waals surface area contributed by atoms with Crippen LogP contribution in [-0.4, -0.2) is 44.3 Å².